The van der Waals surface area contributed by atoms with Crippen molar-refractivity contribution in [3.63, 3.8) is 0 Å². The van der Waals surface area contributed by atoms with Crippen molar-refractivity contribution >= 4 is 21.8 Å². The van der Waals surface area contributed by atoms with Crippen LogP contribution in [0.2, 0.25) is 0 Å². The zero-order valence-electron chi connectivity index (χ0n) is 43.4. The molecule has 11 aromatic carbocycles. The van der Waals surface area contributed by atoms with Gasteiger partial charge in [-0.3, -0.25) is 0 Å². The van der Waals surface area contributed by atoms with Gasteiger partial charge in [-0.05, 0) is 144 Å². The topological polar surface area (TPSA) is 4.93 Å². The minimum absolute atomic E-state index is 0.0491. The molecule has 1 aromatic heterocycles. The molecule has 0 aliphatic heterocycles. The third-order valence-electron chi connectivity index (χ3n) is 16.4. The molecule has 2 aliphatic rings. The van der Waals surface area contributed by atoms with Crippen LogP contribution in [0.15, 0.2) is 255 Å². The molecule has 0 amide bonds. The van der Waals surface area contributed by atoms with E-state index in [1.54, 1.807) is 0 Å². The molecule has 1 heteroatoms. The molecule has 0 radical (unpaired) electrons. The molecule has 0 saturated carbocycles. The highest BCUT2D eigenvalue weighted by Gasteiger charge is 2.38. The lowest BCUT2D eigenvalue weighted by molar-refractivity contribution is 0.660. The van der Waals surface area contributed by atoms with Crippen LogP contribution in [-0.2, 0) is 17.3 Å². The van der Waals surface area contributed by atoms with Gasteiger partial charge in [0.1, 0.15) is 0 Å². The third kappa shape index (κ3) is 8.03. The van der Waals surface area contributed by atoms with Crippen LogP contribution in [0.4, 0.5) is 0 Å². The van der Waals surface area contributed by atoms with Crippen LogP contribution in [-0.4, -0.2) is 4.57 Å². The Bertz CT molecular complexity index is 4130. The quantitative estimate of drug-likeness (QED) is 0.150. The number of hydrogen-bond donors (Lipinski definition) is 0. The number of para-hydroxylation sites is 1. The van der Waals surface area contributed by atoms with Crippen molar-refractivity contribution < 1.29 is 0 Å². The fraction of sp³-hybridized carbons (Fsp3) is 0.108. The lowest BCUT2D eigenvalue weighted by atomic mass is 9.81. The smallest absolute Gasteiger partial charge is 0.0543 e. The van der Waals surface area contributed by atoms with E-state index in [-0.39, 0.29) is 10.8 Å². The Morgan fingerprint density at radius 3 is 1.57 bits per heavy atom. The van der Waals surface area contributed by atoms with Crippen molar-refractivity contribution in [2.75, 3.05) is 0 Å². The van der Waals surface area contributed by atoms with Gasteiger partial charge < -0.3 is 4.57 Å². The predicted molar refractivity (Wildman–Crippen MR) is 318 cm³/mol. The average molecular weight is 962 g/mol. The van der Waals surface area contributed by atoms with Crippen molar-refractivity contribution in [3.8, 4) is 72.4 Å². The summed E-state index contributed by atoms with van der Waals surface area (Å²) in [5, 5.41) is 2.54. The summed E-state index contributed by atoms with van der Waals surface area (Å²) in [5.74, 6) is 0. The van der Waals surface area contributed by atoms with Crippen LogP contribution in [0.25, 0.3) is 94.3 Å². The fourth-order valence-electron chi connectivity index (χ4n) is 12.4. The number of aryl methyl sites for hydroxylation is 1. The number of rotatable bonds is 7. The maximum atomic E-state index is 2.49. The summed E-state index contributed by atoms with van der Waals surface area (Å²) in [5.41, 5.74) is 28.8. The van der Waals surface area contributed by atoms with E-state index in [4.69, 9.17) is 0 Å². The maximum absolute atomic E-state index is 2.49. The van der Waals surface area contributed by atoms with Gasteiger partial charge in [0.2, 0.25) is 0 Å². The zero-order chi connectivity index (χ0) is 50.8. The summed E-state index contributed by atoms with van der Waals surface area (Å²) in [6.07, 6.45) is 0.900. The zero-order valence-corrected chi connectivity index (χ0v) is 43.4. The molecule has 75 heavy (non-hydrogen) atoms. The number of aromatic nitrogens is 1. The summed E-state index contributed by atoms with van der Waals surface area (Å²) in [7, 11) is 0. The van der Waals surface area contributed by atoms with Crippen LogP contribution in [0, 0.1) is 6.92 Å². The van der Waals surface area contributed by atoms with Gasteiger partial charge in [0.05, 0.1) is 16.7 Å². The molecule has 0 N–H and O–H groups in total. The number of nitrogens with zero attached hydrogens (tertiary/aromatic N) is 1. The lowest BCUT2D eigenvalue weighted by Crippen LogP contribution is -2.15. The van der Waals surface area contributed by atoms with Gasteiger partial charge in [-0.25, -0.2) is 0 Å². The molecule has 0 saturated heterocycles. The van der Waals surface area contributed by atoms with E-state index in [9.17, 15) is 0 Å². The van der Waals surface area contributed by atoms with Crippen molar-refractivity contribution in [1.82, 2.24) is 4.57 Å². The Balaban J connectivity index is 0.000000204. The van der Waals surface area contributed by atoms with Gasteiger partial charge in [0.15, 0.2) is 0 Å². The fourth-order valence-corrected chi connectivity index (χ4v) is 12.4. The monoisotopic (exact) mass is 961 g/mol. The molecule has 1 heterocycles. The van der Waals surface area contributed by atoms with E-state index in [0.29, 0.717) is 0 Å². The van der Waals surface area contributed by atoms with Crippen LogP contribution in [0.1, 0.15) is 66.6 Å². The minimum atomic E-state index is -0.0491. The second kappa shape index (κ2) is 18.3. The van der Waals surface area contributed by atoms with Gasteiger partial charge in [-0.15, -0.1) is 0 Å². The molecular formula is C74H59N. The molecule has 2 aliphatic carbocycles. The Labute approximate surface area is 442 Å². The van der Waals surface area contributed by atoms with Gasteiger partial charge in [0, 0.05) is 27.2 Å². The Morgan fingerprint density at radius 2 is 0.813 bits per heavy atom. The SMILES string of the molecule is CC1(C)c2ccccc2-c2c(-n3c4ccccc4c4cc(-c5cccc(-c6cccc(Cc7ccc(-c8ccccc8)cc7)c6)c5)ccc43)cccc21.Cc1ccc2c(c1)C(C)(C)c1cc(-c3ccccc3)ccc1-2. The van der Waals surface area contributed by atoms with Crippen molar-refractivity contribution in [1.29, 1.82) is 0 Å². The first-order valence-electron chi connectivity index (χ1n) is 26.5. The van der Waals surface area contributed by atoms with E-state index in [2.05, 4.69) is 294 Å². The van der Waals surface area contributed by atoms with Crippen LogP contribution < -0.4 is 0 Å². The molecule has 0 bridgehead atoms. The molecule has 0 spiro atoms. The average Bonchev–Trinajstić information content (AvgIpc) is 4.01. The molecule has 0 atom stereocenters. The summed E-state index contributed by atoms with van der Waals surface area (Å²) in [6.45, 7) is 11.6. The Morgan fingerprint density at radius 1 is 0.307 bits per heavy atom. The predicted octanol–water partition coefficient (Wildman–Crippen LogP) is 19.7. The number of benzene rings is 11. The largest absolute Gasteiger partial charge is 0.309 e. The maximum Gasteiger partial charge on any atom is 0.0543 e. The van der Waals surface area contributed by atoms with Gasteiger partial charge in [-0.2, -0.15) is 0 Å². The Hall–Kier alpha value is -8.78. The van der Waals surface area contributed by atoms with E-state index in [1.165, 1.54) is 133 Å². The number of fused-ring (bicyclic) bond motifs is 9. The van der Waals surface area contributed by atoms with E-state index < -0.39 is 0 Å². The van der Waals surface area contributed by atoms with Crippen LogP contribution in [0.5, 0.6) is 0 Å². The first kappa shape index (κ1) is 46.0. The van der Waals surface area contributed by atoms with E-state index in [0.717, 1.165) is 6.42 Å². The molecule has 0 unspecified atom stereocenters. The van der Waals surface area contributed by atoms with E-state index in [1.807, 2.05) is 0 Å². The van der Waals surface area contributed by atoms with Gasteiger partial charge in [-0.1, -0.05) is 252 Å². The first-order chi connectivity index (χ1) is 36.6. The van der Waals surface area contributed by atoms with Crippen molar-refractivity contribution in [3.05, 3.63) is 294 Å². The summed E-state index contributed by atoms with van der Waals surface area (Å²) in [4.78, 5) is 0. The molecular weight excluding hydrogens is 903 g/mol. The third-order valence-corrected chi connectivity index (χ3v) is 16.4. The van der Waals surface area contributed by atoms with Crippen LogP contribution in [0.3, 0.4) is 0 Å². The molecule has 1 nitrogen and oxygen atoms in total. The second-order valence-corrected chi connectivity index (χ2v) is 21.8. The standard InChI is InChI=1S/C52H39N.C22H20/c1-52(2)46-21-8-6-20-44(46)51-47(52)22-12-24-50(51)53-48-23-9-7-19-43(48)45-34-42(29-30-49(45)53)41-18-11-17-40(33-41)39-16-10-13-36(32-39)31-35-25-27-38(28-26-35)37-14-4-3-5-15-37;1-15-9-11-18-19-12-10-17(16-7-5-4-6-8-16)14-21(19)22(2,3)20(18)13-15/h3-30,32-34H,31H2,1-2H3;4-14H,1-3H3. The molecule has 14 rings (SSSR count). The van der Waals surface area contributed by atoms with Crippen molar-refractivity contribution in [2.45, 2.75) is 51.9 Å². The van der Waals surface area contributed by atoms with Gasteiger partial charge >= 0.3 is 0 Å². The highest BCUT2D eigenvalue weighted by Crippen LogP contribution is 2.52. The second-order valence-electron chi connectivity index (χ2n) is 21.8. The van der Waals surface area contributed by atoms with Crippen LogP contribution >= 0.6 is 0 Å². The highest BCUT2D eigenvalue weighted by molar-refractivity contribution is 6.11. The van der Waals surface area contributed by atoms with Crippen molar-refractivity contribution in [2.24, 2.45) is 0 Å². The molecule has 360 valence electrons. The lowest BCUT2D eigenvalue weighted by Gasteiger charge is -2.22. The van der Waals surface area contributed by atoms with E-state index >= 15 is 0 Å². The Kier molecular flexibility index (Phi) is 11.2. The number of hydrogen-bond acceptors (Lipinski definition) is 0. The minimum Gasteiger partial charge on any atom is -0.309 e. The summed E-state index contributed by atoms with van der Waals surface area (Å²) in [6, 6.07) is 93.7. The van der Waals surface area contributed by atoms with Gasteiger partial charge in [0.25, 0.3) is 0 Å². The molecule has 0 fully saturated rings. The first-order valence-corrected chi connectivity index (χ1v) is 26.5. The highest BCUT2D eigenvalue weighted by atomic mass is 15.0. The molecule has 12 aromatic rings. The normalized spacial score (nSPS) is 13.4. The summed E-state index contributed by atoms with van der Waals surface area (Å²) >= 11 is 0. The summed E-state index contributed by atoms with van der Waals surface area (Å²) < 4.78 is 2.49.